The molecule has 2 rings (SSSR count). The van der Waals surface area contributed by atoms with Crippen molar-refractivity contribution in [1.82, 2.24) is 10.2 Å². The molecule has 0 atom stereocenters. The molecule has 1 fully saturated rings. The summed E-state index contributed by atoms with van der Waals surface area (Å²) >= 11 is 0. The summed E-state index contributed by atoms with van der Waals surface area (Å²) in [5.74, 6) is -0.0802. The summed E-state index contributed by atoms with van der Waals surface area (Å²) in [5.41, 5.74) is 1.84. The zero-order valence-electron chi connectivity index (χ0n) is 12.0. The number of hydrogen-bond donors (Lipinski definition) is 2. The van der Waals surface area contributed by atoms with Gasteiger partial charge in [0, 0.05) is 50.6 Å². The van der Waals surface area contributed by atoms with Gasteiger partial charge in [-0.15, -0.1) is 0 Å². The Balaban J connectivity index is 1.90. The van der Waals surface area contributed by atoms with Gasteiger partial charge < -0.3 is 20.2 Å². The first kappa shape index (κ1) is 14.8. The van der Waals surface area contributed by atoms with E-state index >= 15 is 0 Å². The number of benzene rings is 1. The Bertz CT molecular complexity index is 425. The van der Waals surface area contributed by atoms with Crippen LogP contribution in [0.25, 0.3) is 0 Å². The van der Waals surface area contributed by atoms with Crippen molar-refractivity contribution < 1.29 is 9.90 Å². The van der Waals surface area contributed by atoms with Gasteiger partial charge in [0.25, 0.3) is 5.91 Å². The highest BCUT2D eigenvalue weighted by Gasteiger charge is 2.14. The van der Waals surface area contributed by atoms with Crippen LogP contribution in [0, 0.1) is 0 Å². The van der Waals surface area contributed by atoms with Crippen LogP contribution in [0.4, 0.5) is 5.69 Å². The SMILES string of the molecule is CN1CCN(c2ccc(C(=O)NCCCO)cc2)CC1. The van der Waals surface area contributed by atoms with Gasteiger partial charge in [0.1, 0.15) is 0 Å². The van der Waals surface area contributed by atoms with E-state index < -0.39 is 0 Å². The molecule has 2 N–H and O–H groups in total. The minimum atomic E-state index is -0.0802. The standard InChI is InChI=1S/C15H23N3O2/c1-17-8-10-18(11-9-17)14-5-3-13(4-6-14)15(20)16-7-2-12-19/h3-6,19H,2,7-12H2,1H3,(H,16,20). The third-order valence-corrected chi connectivity index (χ3v) is 3.62. The predicted octanol–water partition coefficient (Wildman–Crippen LogP) is 0.551. The van der Waals surface area contributed by atoms with E-state index in [9.17, 15) is 4.79 Å². The molecule has 1 aliphatic heterocycles. The van der Waals surface area contributed by atoms with Crippen LogP contribution in [-0.2, 0) is 0 Å². The fraction of sp³-hybridized carbons (Fsp3) is 0.533. The number of nitrogens with one attached hydrogen (secondary N) is 1. The van der Waals surface area contributed by atoms with Gasteiger partial charge in [-0.05, 0) is 37.7 Å². The molecule has 1 saturated heterocycles. The molecule has 0 unspecified atom stereocenters. The van der Waals surface area contributed by atoms with Crippen molar-refractivity contribution in [2.75, 3.05) is 51.3 Å². The van der Waals surface area contributed by atoms with Gasteiger partial charge in [-0.1, -0.05) is 0 Å². The quantitative estimate of drug-likeness (QED) is 0.772. The number of aliphatic hydroxyl groups excluding tert-OH is 1. The van der Waals surface area contributed by atoms with E-state index in [1.54, 1.807) is 0 Å². The average Bonchev–Trinajstić information content (AvgIpc) is 2.48. The Morgan fingerprint density at radius 2 is 1.85 bits per heavy atom. The third kappa shape index (κ3) is 3.95. The van der Waals surface area contributed by atoms with Crippen LogP contribution < -0.4 is 10.2 Å². The van der Waals surface area contributed by atoms with Crippen LogP contribution in [0.3, 0.4) is 0 Å². The second-order valence-electron chi connectivity index (χ2n) is 5.17. The minimum Gasteiger partial charge on any atom is -0.396 e. The van der Waals surface area contributed by atoms with Crippen molar-refractivity contribution in [2.24, 2.45) is 0 Å². The lowest BCUT2D eigenvalue weighted by atomic mass is 10.1. The first-order valence-corrected chi connectivity index (χ1v) is 7.13. The van der Waals surface area contributed by atoms with E-state index in [0.717, 1.165) is 26.2 Å². The summed E-state index contributed by atoms with van der Waals surface area (Å²) in [7, 11) is 2.14. The van der Waals surface area contributed by atoms with E-state index in [4.69, 9.17) is 5.11 Å². The Hall–Kier alpha value is -1.59. The molecule has 110 valence electrons. The number of amides is 1. The molecular formula is C15H23N3O2. The molecule has 1 amide bonds. The average molecular weight is 277 g/mol. The summed E-state index contributed by atoms with van der Waals surface area (Å²) in [6.07, 6.45) is 0.588. The molecule has 1 aromatic rings. The number of carbonyl (C=O) groups excluding carboxylic acids is 1. The van der Waals surface area contributed by atoms with Crippen LogP contribution in [0.2, 0.25) is 0 Å². The Labute approximate surface area is 120 Å². The highest BCUT2D eigenvalue weighted by Crippen LogP contribution is 2.17. The van der Waals surface area contributed by atoms with Crippen LogP contribution in [0.15, 0.2) is 24.3 Å². The van der Waals surface area contributed by atoms with Crippen molar-refractivity contribution in [3.63, 3.8) is 0 Å². The lowest BCUT2D eigenvalue weighted by molar-refractivity contribution is 0.0951. The van der Waals surface area contributed by atoms with Gasteiger partial charge >= 0.3 is 0 Å². The van der Waals surface area contributed by atoms with E-state index in [1.165, 1.54) is 5.69 Å². The molecule has 0 saturated carbocycles. The molecule has 1 aliphatic rings. The van der Waals surface area contributed by atoms with Gasteiger partial charge in [0.2, 0.25) is 0 Å². The topological polar surface area (TPSA) is 55.8 Å². The van der Waals surface area contributed by atoms with E-state index in [0.29, 0.717) is 18.5 Å². The number of aliphatic hydroxyl groups is 1. The van der Waals surface area contributed by atoms with Gasteiger partial charge in [-0.2, -0.15) is 0 Å². The molecule has 0 aromatic heterocycles. The molecule has 1 aromatic carbocycles. The van der Waals surface area contributed by atoms with Crippen molar-refractivity contribution in [1.29, 1.82) is 0 Å². The molecule has 5 heteroatoms. The van der Waals surface area contributed by atoms with Crippen LogP contribution in [0.1, 0.15) is 16.8 Å². The fourth-order valence-electron chi connectivity index (χ4n) is 2.27. The maximum absolute atomic E-state index is 11.8. The Morgan fingerprint density at radius 1 is 1.20 bits per heavy atom. The first-order chi connectivity index (χ1) is 9.70. The number of nitrogens with zero attached hydrogens (tertiary/aromatic N) is 2. The largest absolute Gasteiger partial charge is 0.396 e. The second kappa shape index (κ2) is 7.26. The fourth-order valence-corrected chi connectivity index (χ4v) is 2.27. The summed E-state index contributed by atoms with van der Waals surface area (Å²) < 4.78 is 0. The van der Waals surface area contributed by atoms with Crippen molar-refractivity contribution in [2.45, 2.75) is 6.42 Å². The highest BCUT2D eigenvalue weighted by atomic mass is 16.3. The van der Waals surface area contributed by atoms with Crippen molar-refractivity contribution >= 4 is 11.6 Å². The van der Waals surface area contributed by atoms with E-state index in [1.807, 2.05) is 24.3 Å². The summed E-state index contributed by atoms with van der Waals surface area (Å²) in [5, 5.41) is 11.5. The van der Waals surface area contributed by atoms with E-state index in [2.05, 4.69) is 22.2 Å². The lowest BCUT2D eigenvalue weighted by Gasteiger charge is -2.34. The van der Waals surface area contributed by atoms with Crippen molar-refractivity contribution in [3.05, 3.63) is 29.8 Å². The predicted molar refractivity (Wildman–Crippen MR) is 80.2 cm³/mol. The Kier molecular flexibility index (Phi) is 5.38. The van der Waals surface area contributed by atoms with Crippen LogP contribution in [0.5, 0.6) is 0 Å². The molecule has 0 spiro atoms. The maximum atomic E-state index is 11.8. The molecule has 0 aliphatic carbocycles. The third-order valence-electron chi connectivity index (χ3n) is 3.62. The monoisotopic (exact) mass is 277 g/mol. The number of hydrogen-bond acceptors (Lipinski definition) is 4. The van der Waals surface area contributed by atoms with Crippen LogP contribution >= 0.6 is 0 Å². The van der Waals surface area contributed by atoms with Gasteiger partial charge in [-0.3, -0.25) is 4.79 Å². The molecule has 0 radical (unpaired) electrons. The van der Waals surface area contributed by atoms with Gasteiger partial charge in [0.05, 0.1) is 0 Å². The molecule has 0 bridgehead atoms. The molecule has 5 nitrogen and oxygen atoms in total. The smallest absolute Gasteiger partial charge is 0.251 e. The lowest BCUT2D eigenvalue weighted by Crippen LogP contribution is -2.44. The summed E-state index contributed by atoms with van der Waals surface area (Å²) in [6, 6.07) is 7.74. The number of anilines is 1. The highest BCUT2D eigenvalue weighted by molar-refractivity contribution is 5.94. The summed E-state index contributed by atoms with van der Waals surface area (Å²) in [4.78, 5) is 16.5. The normalized spacial score (nSPS) is 16.2. The molecule has 20 heavy (non-hydrogen) atoms. The second-order valence-corrected chi connectivity index (χ2v) is 5.17. The number of piperazine rings is 1. The molecule has 1 heterocycles. The first-order valence-electron chi connectivity index (χ1n) is 7.13. The summed E-state index contributed by atoms with van der Waals surface area (Å²) in [6.45, 7) is 4.81. The zero-order chi connectivity index (χ0) is 14.4. The van der Waals surface area contributed by atoms with Gasteiger partial charge in [-0.25, -0.2) is 0 Å². The Morgan fingerprint density at radius 3 is 2.45 bits per heavy atom. The van der Waals surface area contributed by atoms with E-state index in [-0.39, 0.29) is 12.5 Å². The van der Waals surface area contributed by atoms with Crippen molar-refractivity contribution in [3.8, 4) is 0 Å². The zero-order valence-corrected chi connectivity index (χ0v) is 12.0. The number of likely N-dealkylation sites (N-methyl/N-ethyl adjacent to an activating group) is 1. The number of rotatable bonds is 5. The maximum Gasteiger partial charge on any atom is 0.251 e. The van der Waals surface area contributed by atoms with Crippen LogP contribution in [-0.4, -0.2) is 62.3 Å². The molecular weight excluding hydrogens is 254 g/mol. The minimum absolute atomic E-state index is 0.0802. The number of carbonyl (C=O) groups is 1. The van der Waals surface area contributed by atoms with Gasteiger partial charge in [0.15, 0.2) is 0 Å².